The van der Waals surface area contributed by atoms with Gasteiger partial charge in [0, 0.05) is 0 Å². The molecule has 4 nitrogen and oxygen atoms in total. The lowest BCUT2D eigenvalue weighted by Gasteiger charge is -2.06. The van der Waals surface area contributed by atoms with E-state index in [-0.39, 0.29) is 0 Å². The van der Waals surface area contributed by atoms with E-state index in [0.717, 1.165) is 11.1 Å². The van der Waals surface area contributed by atoms with E-state index >= 15 is 0 Å². The summed E-state index contributed by atoms with van der Waals surface area (Å²) in [5.74, 6) is 0.578. The molecule has 0 aliphatic heterocycles. The topological polar surface area (TPSA) is 52.6 Å². The van der Waals surface area contributed by atoms with Gasteiger partial charge in [-0.15, -0.1) is 0 Å². The fourth-order valence-electron chi connectivity index (χ4n) is 2.24. The van der Waals surface area contributed by atoms with Crippen LogP contribution in [0.1, 0.15) is 10.4 Å². The average Bonchev–Trinajstić information content (AvgIpc) is 2.64. The molecule has 24 heavy (non-hydrogen) atoms. The van der Waals surface area contributed by atoms with E-state index < -0.39 is 5.97 Å². The number of benzene rings is 3. The van der Waals surface area contributed by atoms with Gasteiger partial charge in [-0.1, -0.05) is 42.5 Å². The maximum atomic E-state index is 12.0. The van der Waals surface area contributed by atoms with Crippen LogP contribution in [0.2, 0.25) is 0 Å². The zero-order chi connectivity index (χ0) is 16.8. The van der Waals surface area contributed by atoms with Gasteiger partial charge >= 0.3 is 5.97 Å². The Hall–Kier alpha value is -3.40. The van der Waals surface area contributed by atoms with Crippen molar-refractivity contribution in [1.29, 1.82) is 0 Å². The number of ether oxygens (including phenoxy) is 2. The quantitative estimate of drug-likeness (QED) is 0.403. The Morgan fingerprint density at radius 1 is 0.708 bits per heavy atom. The van der Waals surface area contributed by atoms with E-state index in [9.17, 15) is 9.59 Å². The van der Waals surface area contributed by atoms with Gasteiger partial charge in [-0.25, -0.2) is 4.79 Å². The molecular formula is C20H14O4. The van der Waals surface area contributed by atoms with Crippen LogP contribution >= 0.6 is 0 Å². The molecule has 0 spiro atoms. The van der Waals surface area contributed by atoms with Crippen LogP contribution in [0.25, 0.3) is 11.1 Å². The number of esters is 1. The summed E-state index contributed by atoms with van der Waals surface area (Å²) in [5.41, 5.74) is 2.44. The molecule has 0 radical (unpaired) electrons. The first-order valence-corrected chi connectivity index (χ1v) is 7.34. The van der Waals surface area contributed by atoms with Crippen molar-refractivity contribution >= 4 is 12.4 Å². The normalized spacial score (nSPS) is 10.0. The highest BCUT2D eigenvalue weighted by Crippen LogP contribution is 2.24. The molecule has 0 unspecified atom stereocenters. The molecule has 0 amide bonds. The lowest BCUT2D eigenvalue weighted by molar-refractivity contribution is -0.120. The first-order valence-electron chi connectivity index (χ1n) is 7.34. The molecule has 0 bridgehead atoms. The molecule has 0 fully saturated rings. The van der Waals surface area contributed by atoms with Crippen LogP contribution in [-0.2, 0) is 4.79 Å². The van der Waals surface area contributed by atoms with Crippen molar-refractivity contribution in [3.63, 3.8) is 0 Å². The molecule has 0 aliphatic rings. The minimum Gasteiger partial charge on any atom is -0.429 e. The first kappa shape index (κ1) is 15.5. The van der Waals surface area contributed by atoms with Crippen molar-refractivity contribution in [3.8, 4) is 22.6 Å². The molecule has 0 atom stereocenters. The van der Waals surface area contributed by atoms with E-state index in [4.69, 9.17) is 9.47 Å². The van der Waals surface area contributed by atoms with Gasteiger partial charge in [-0.05, 0) is 47.5 Å². The third-order valence-electron chi connectivity index (χ3n) is 3.45. The predicted octanol–water partition coefficient (Wildman–Crippen LogP) is 4.11. The maximum Gasteiger partial charge on any atom is 0.343 e. The number of hydrogen-bond donors (Lipinski definition) is 0. The van der Waals surface area contributed by atoms with Crippen molar-refractivity contribution in [2.45, 2.75) is 0 Å². The third kappa shape index (κ3) is 3.67. The van der Waals surface area contributed by atoms with Gasteiger partial charge in [0.05, 0.1) is 5.56 Å². The summed E-state index contributed by atoms with van der Waals surface area (Å²) in [7, 11) is 0. The number of hydrogen-bond acceptors (Lipinski definition) is 4. The van der Waals surface area contributed by atoms with Crippen LogP contribution < -0.4 is 9.47 Å². The van der Waals surface area contributed by atoms with Crippen molar-refractivity contribution in [3.05, 3.63) is 84.4 Å². The van der Waals surface area contributed by atoms with Crippen molar-refractivity contribution < 1.29 is 19.1 Å². The molecule has 0 aromatic heterocycles. The SMILES string of the molecule is O=COc1ccc(-c2ccc(OC(=O)c3ccccc3)cc2)cc1. The minimum absolute atomic E-state index is 0.390. The Morgan fingerprint density at radius 3 is 1.79 bits per heavy atom. The van der Waals surface area contributed by atoms with Crippen molar-refractivity contribution in [1.82, 2.24) is 0 Å². The van der Waals surface area contributed by atoms with Crippen LogP contribution in [0.3, 0.4) is 0 Å². The molecule has 0 heterocycles. The minimum atomic E-state index is -0.390. The first-order chi connectivity index (χ1) is 11.8. The lowest BCUT2D eigenvalue weighted by atomic mass is 10.1. The molecule has 3 aromatic rings. The molecule has 3 aromatic carbocycles. The molecule has 118 valence electrons. The smallest absolute Gasteiger partial charge is 0.343 e. The van der Waals surface area contributed by atoms with Crippen LogP contribution in [0.5, 0.6) is 11.5 Å². The molecular weight excluding hydrogens is 304 g/mol. The van der Waals surface area contributed by atoms with Gasteiger partial charge < -0.3 is 9.47 Å². The Balaban J connectivity index is 1.71. The Kier molecular flexibility index (Phi) is 4.68. The van der Waals surface area contributed by atoms with Gasteiger partial charge in [0.25, 0.3) is 6.47 Å². The van der Waals surface area contributed by atoms with E-state index in [0.29, 0.717) is 23.5 Å². The zero-order valence-electron chi connectivity index (χ0n) is 12.7. The lowest BCUT2D eigenvalue weighted by Crippen LogP contribution is -2.07. The van der Waals surface area contributed by atoms with Crippen LogP contribution in [-0.4, -0.2) is 12.4 Å². The Bertz CT molecular complexity index is 822. The highest BCUT2D eigenvalue weighted by atomic mass is 16.5. The second-order valence-corrected chi connectivity index (χ2v) is 5.02. The Morgan fingerprint density at radius 2 is 1.25 bits per heavy atom. The summed E-state index contributed by atoms with van der Waals surface area (Å²) in [4.78, 5) is 22.3. The van der Waals surface area contributed by atoms with Crippen LogP contribution in [0, 0.1) is 0 Å². The van der Waals surface area contributed by atoms with Crippen LogP contribution in [0.15, 0.2) is 78.9 Å². The third-order valence-corrected chi connectivity index (χ3v) is 3.45. The van der Waals surface area contributed by atoms with Gasteiger partial charge in [0.1, 0.15) is 11.5 Å². The van der Waals surface area contributed by atoms with Gasteiger partial charge in [0.15, 0.2) is 0 Å². The maximum absolute atomic E-state index is 12.0. The second kappa shape index (κ2) is 7.24. The van der Waals surface area contributed by atoms with Gasteiger partial charge in [-0.2, -0.15) is 0 Å². The summed E-state index contributed by atoms with van der Waals surface area (Å²) in [5, 5.41) is 0. The zero-order valence-corrected chi connectivity index (χ0v) is 12.7. The average molecular weight is 318 g/mol. The van der Waals surface area contributed by atoms with E-state index in [1.807, 2.05) is 30.3 Å². The largest absolute Gasteiger partial charge is 0.429 e. The molecule has 0 saturated heterocycles. The summed E-state index contributed by atoms with van der Waals surface area (Å²) in [6.07, 6.45) is 0. The summed E-state index contributed by atoms with van der Waals surface area (Å²) in [6.45, 7) is 0.394. The summed E-state index contributed by atoms with van der Waals surface area (Å²) in [6, 6.07) is 23.2. The van der Waals surface area contributed by atoms with E-state index in [2.05, 4.69) is 0 Å². The van der Waals surface area contributed by atoms with Gasteiger partial charge in [0.2, 0.25) is 0 Å². The number of rotatable bonds is 5. The summed E-state index contributed by atoms with van der Waals surface area (Å²) < 4.78 is 10.1. The van der Waals surface area contributed by atoms with E-state index in [1.54, 1.807) is 48.5 Å². The molecule has 0 N–H and O–H groups in total. The Labute approximate surface area is 139 Å². The van der Waals surface area contributed by atoms with Crippen LogP contribution in [0.4, 0.5) is 0 Å². The number of carbonyl (C=O) groups is 2. The molecule has 3 rings (SSSR count). The summed E-state index contributed by atoms with van der Waals surface area (Å²) >= 11 is 0. The molecule has 0 aliphatic carbocycles. The highest BCUT2D eigenvalue weighted by molar-refractivity contribution is 5.91. The van der Waals surface area contributed by atoms with E-state index in [1.165, 1.54) is 0 Å². The standard InChI is InChI=1S/C20H14O4/c21-14-23-18-10-6-15(7-11-18)16-8-12-19(13-9-16)24-20(22)17-4-2-1-3-5-17/h1-14H. The second-order valence-electron chi connectivity index (χ2n) is 5.02. The fourth-order valence-corrected chi connectivity index (χ4v) is 2.24. The predicted molar refractivity (Wildman–Crippen MR) is 90.0 cm³/mol. The molecule has 4 heteroatoms. The molecule has 0 saturated carbocycles. The van der Waals surface area contributed by atoms with Gasteiger partial charge in [-0.3, -0.25) is 4.79 Å². The number of carbonyl (C=O) groups excluding carboxylic acids is 2. The highest BCUT2D eigenvalue weighted by Gasteiger charge is 2.08. The van der Waals surface area contributed by atoms with Crippen molar-refractivity contribution in [2.24, 2.45) is 0 Å². The fraction of sp³-hybridized carbons (Fsp3) is 0. The monoisotopic (exact) mass is 318 g/mol. The van der Waals surface area contributed by atoms with Crippen molar-refractivity contribution in [2.75, 3.05) is 0 Å².